The molecule has 150 valence electrons. The van der Waals surface area contributed by atoms with Crippen LogP contribution in [0.1, 0.15) is 23.4 Å². The van der Waals surface area contributed by atoms with Crippen LogP contribution in [0.4, 0.5) is 0 Å². The SMILES string of the molecule is Cc1ccc(-c2nnc(CCC(=O)NCCc3ccc4c(c3)OCCO4)o2)cc1. The molecule has 0 saturated carbocycles. The zero-order valence-electron chi connectivity index (χ0n) is 16.3. The summed E-state index contributed by atoms with van der Waals surface area (Å²) in [6.45, 7) is 3.72. The van der Waals surface area contributed by atoms with Crippen LogP contribution in [-0.2, 0) is 17.6 Å². The van der Waals surface area contributed by atoms with E-state index in [1.165, 1.54) is 5.56 Å². The Morgan fingerprint density at radius 2 is 1.79 bits per heavy atom. The largest absolute Gasteiger partial charge is 0.486 e. The third-order valence-electron chi connectivity index (χ3n) is 4.67. The highest BCUT2D eigenvalue weighted by molar-refractivity contribution is 5.76. The first kappa shape index (κ1) is 19.0. The van der Waals surface area contributed by atoms with Crippen LogP contribution < -0.4 is 14.8 Å². The van der Waals surface area contributed by atoms with Crippen LogP contribution in [0, 0.1) is 6.92 Å². The van der Waals surface area contributed by atoms with Crippen molar-refractivity contribution in [2.45, 2.75) is 26.2 Å². The Labute approximate surface area is 169 Å². The van der Waals surface area contributed by atoms with E-state index in [1.54, 1.807) is 0 Å². The molecule has 0 saturated heterocycles. The Bertz CT molecular complexity index is 982. The van der Waals surface area contributed by atoms with Crippen LogP contribution in [0.15, 0.2) is 46.9 Å². The minimum absolute atomic E-state index is 0.0439. The molecule has 7 nitrogen and oxygen atoms in total. The van der Waals surface area contributed by atoms with Gasteiger partial charge in [0, 0.05) is 24.9 Å². The molecule has 1 N–H and O–H groups in total. The van der Waals surface area contributed by atoms with Gasteiger partial charge in [0.2, 0.25) is 17.7 Å². The third-order valence-corrected chi connectivity index (χ3v) is 4.67. The summed E-state index contributed by atoms with van der Waals surface area (Å²) in [4.78, 5) is 12.1. The topological polar surface area (TPSA) is 86.5 Å². The molecule has 29 heavy (non-hydrogen) atoms. The van der Waals surface area contributed by atoms with Gasteiger partial charge < -0.3 is 19.2 Å². The molecule has 3 aromatic rings. The summed E-state index contributed by atoms with van der Waals surface area (Å²) in [6.07, 6.45) is 1.44. The highest BCUT2D eigenvalue weighted by Gasteiger charge is 2.13. The molecule has 2 heterocycles. The van der Waals surface area contributed by atoms with Gasteiger partial charge in [0.15, 0.2) is 11.5 Å². The summed E-state index contributed by atoms with van der Waals surface area (Å²) in [7, 11) is 0. The number of nitrogens with one attached hydrogen (secondary N) is 1. The number of hydrogen-bond acceptors (Lipinski definition) is 6. The van der Waals surface area contributed by atoms with Gasteiger partial charge in [-0.2, -0.15) is 0 Å². The second-order valence-corrected chi connectivity index (χ2v) is 6.94. The van der Waals surface area contributed by atoms with Gasteiger partial charge in [-0.1, -0.05) is 23.8 Å². The Hall–Kier alpha value is -3.35. The molecule has 0 bridgehead atoms. The number of hydrogen-bond donors (Lipinski definition) is 1. The lowest BCUT2D eigenvalue weighted by atomic mass is 10.1. The van der Waals surface area contributed by atoms with E-state index in [-0.39, 0.29) is 5.91 Å². The van der Waals surface area contributed by atoms with Crippen molar-refractivity contribution in [3.63, 3.8) is 0 Å². The molecule has 0 spiro atoms. The van der Waals surface area contributed by atoms with E-state index in [4.69, 9.17) is 13.9 Å². The fraction of sp³-hybridized carbons (Fsp3) is 0.318. The Morgan fingerprint density at radius 1 is 1.00 bits per heavy atom. The lowest BCUT2D eigenvalue weighted by Crippen LogP contribution is -2.26. The molecule has 4 rings (SSSR count). The summed E-state index contributed by atoms with van der Waals surface area (Å²) >= 11 is 0. The summed E-state index contributed by atoms with van der Waals surface area (Å²) in [5.41, 5.74) is 3.13. The average Bonchev–Trinajstić information content (AvgIpc) is 3.22. The van der Waals surface area contributed by atoms with Gasteiger partial charge in [0.25, 0.3) is 0 Å². The minimum Gasteiger partial charge on any atom is -0.486 e. The van der Waals surface area contributed by atoms with Crippen LogP contribution in [0.2, 0.25) is 0 Å². The molecule has 1 aliphatic heterocycles. The number of rotatable bonds is 7. The molecular weight excluding hydrogens is 370 g/mol. The number of ether oxygens (including phenoxy) is 2. The molecular formula is C22H23N3O4. The summed E-state index contributed by atoms with van der Waals surface area (Å²) in [6, 6.07) is 13.7. The molecule has 1 aliphatic rings. The fourth-order valence-corrected chi connectivity index (χ4v) is 3.07. The van der Waals surface area contributed by atoms with Crippen molar-refractivity contribution in [1.82, 2.24) is 15.5 Å². The van der Waals surface area contributed by atoms with Crippen LogP contribution in [0.3, 0.4) is 0 Å². The summed E-state index contributed by atoms with van der Waals surface area (Å²) < 4.78 is 16.8. The third kappa shape index (κ3) is 4.93. The lowest BCUT2D eigenvalue weighted by molar-refractivity contribution is -0.121. The molecule has 0 unspecified atom stereocenters. The van der Waals surface area contributed by atoms with Gasteiger partial charge in [-0.25, -0.2) is 0 Å². The number of fused-ring (bicyclic) bond motifs is 1. The molecule has 0 atom stereocenters. The van der Waals surface area contributed by atoms with Crippen LogP contribution in [0.5, 0.6) is 11.5 Å². The highest BCUT2D eigenvalue weighted by atomic mass is 16.6. The average molecular weight is 393 g/mol. The van der Waals surface area contributed by atoms with E-state index in [0.717, 1.165) is 29.0 Å². The van der Waals surface area contributed by atoms with Crippen molar-refractivity contribution in [3.05, 3.63) is 59.5 Å². The predicted octanol–water partition coefficient (Wildman–Crippen LogP) is 3.11. The highest BCUT2D eigenvalue weighted by Crippen LogP contribution is 2.30. The molecule has 7 heteroatoms. The van der Waals surface area contributed by atoms with Gasteiger partial charge >= 0.3 is 0 Å². The number of nitrogens with zero attached hydrogens (tertiary/aromatic N) is 2. The maximum atomic E-state index is 12.1. The van der Waals surface area contributed by atoms with Crippen LogP contribution in [0.25, 0.3) is 11.5 Å². The van der Waals surface area contributed by atoms with Gasteiger partial charge in [0.1, 0.15) is 13.2 Å². The van der Waals surface area contributed by atoms with Crippen molar-refractivity contribution in [2.75, 3.05) is 19.8 Å². The Balaban J connectivity index is 1.22. The standard InChI is InChI=1S/C22H23N3O4/c1-15-2-5-17(6-3-15)22-25-24-21(29-22)9-8-20(26)23-11-10-16-4-7-18-19(14-16)28-13-12-27-18/h2-7,14H,8-13H2,1H3,(H,23,26). The van der Waals surface area contributed by atoms with Crippen molar-refractivity contribution in [1.29, 1.82) is 0 Å². The van der Waals surface area contributed by atoms with E-state index >= 15 is 0 Å². The summed E-state index contributed by atoms with van der Waals surface area (Å²) in [5, 5.41) is 11.0. The number of aryl methyl sites for hydroxylation is 2. The monoisotopic (exact) mass is 393 g/mol. The van der Waals surface area contributed by atoms with E-state index in [2.05, 4.69) is 15.5 Å². The number of amides is 1. The number of benzene rings is 2. The lowest BCUT2D eigenvalue weighted by Gasteiger charge is -2.18. The molecule has 2 aromatic carbocycles. The number of carbonyl (C=O) groups excluding carboxylic acids is 1. The maximum absolute atomic E-state index is 12.1. The van der Waals surface area contributed by atoms with E-state index in [9.17, 15) is 4.79 Å². The second-order valence-electron chi connectivity index (χ2n) is 6.94. The van der Waals surface area contributed by atoms with Crippen LogP contribution in [-0.4, -0.2) is 35.9 Å². The second kappa shape index (κ2) is 8.77. The van der Waals surface area contributed by atoms with Gasteiger partial charge in [-0.3, -0.25) is 4.79 Å². The van der Waals surface area contributed by atoms with Crippen molar-refractivity contribution >= 4 is 5.91 Å². The first-order chi connectivity index (χ1) is 14.2. The molecule has 0 radical (unpaired) electrons. The first-order valence-electron chi connectivity index (χ1n) is 9.72. The zero-order valence-corrected chi connectivity index (χ0v) is 16.3. The van der Waals surface area contributed by atoms with Gasteiger partial charge in [-0.15, -0.1) is 10.2 Å². The zero-order chi connectivity index (χ0) is 20.1. The Kier molecular flexibility index (Phi) is 5.74. The minimum atomic E-state index is -0.0439. The number of carbonyl (C=O) groups is 1. The summed E-state index contributed by atoms with van der Waals surface area (Å²) in [5.74, 6) is 2.42. The van der Waals surface area contributed by atoms with Gasteiger partial charge in [0.05, 0.1) is 0 Å². The molecule has 1 amide bonds. The fourth-order valence-electron chi connectivity index (χ4n) is 3.07. The quantitative estimate of drug-likeness (QED) is 0.664. The van der Waals surface area contributed by atoms with Gasteiger partial charge in [-0.05, 0) is 43.2 Å². The molecule has 0 aliphatic carbocycles. The Morgan fingerprint density at radius 3 is 2.62 bits per heavy atom. The number of aromatic nitrogens is 2. The van der Waals surface area contributed by atoms with E-state index in [0.29, 0.717) is 44.4 Å². The van der Waals surface area contributed by atoms with Crippen LogP contribution >= 0.6 is 0 Å². The normalized spacial score (nSPS) is 12.6. The van der Waals surface area contributed by atoms with Crippen molar-refractivity contribution < 1.29 is 18.7 Å². The van der Waals surface area contributed by atoms with E-state index < -0.39 is 0 Å². The van der Waals surface area contributed by atoms with Crippen molar-refractivity contribution in [2.24, 2.45) is 0 Å². The maximum Gasteiger partial charge on any atom is 0.247 e. The first-order valence-corrected chi connectivity index (χ1v) is 9.72. The van der Waals surface area contributed by atoms with E-state index in [1.807, 2.05) is 49.4 Å². The van der Waals surface area contributed by atoms with Crippen molar-refractivity contribution in [3.8, 4) is 23.0 Å². The predicted molar refractivity (Wildman–Crippen MR) is 107 cm³/mol. The molecule has 1 aromatic heterocycles. The molecule has 0 fully saturated rings. The smallest absolute Gasteiger partial charge is 0.247 e.